The normalized spacial score (nSPS) is 10.4. The van der Waals surface area contributed by atoms with E-state index in [1.54, 1.807) is 18.7 Å². The summed E-state index contributed by atoms with van der Waals surface area (Å²) in [6.45, 7) is 4.24. The Hall–Kier alpha value is -1.30. The van der Waals surface area contributed by atoms with Crippen LogP contribution < -0.4 is 5.73 Å². The van der Waals surface area contributed by atoms with Gasteiger partial charge in [-0.2, -0.15) is 0 Å². The number of anilines is 1. The van der Waals surface area contributed by atoms with Crippen molar-refractivity contribution >= 4 is 23.5 Å². The van der Waals surface area contributed by atoms with E-state index in [1.165, 1.54) is 25.5 Å². The van der Waals surface area contributed by atoms with Crippen LogP contribution in [0.3, 0.4) is 0 Å². The average Bonchev–Trinajstić information content (AvgIpc) is 2.39. The summed E-state index contributed by atoms with van der Waals surface area (Å²) in [5.74, 6) is 0.682. The molecule has 1 rings (SSSR count). The number of nitrogens with zero attached hydrogens (tertiary/aromatic N) is 2. The van der Waals surface area contributed by atoms with Gasteiger partial charge in [0.25, 0.3) is 0 Å². The lowest BCUT2D eigenvalue weighted by molar-refractivity contribution is 0.0526. The van der Waals surface area contributed by atoms with Crippen molar-refractivity contribution in [2.45, 2.75) is 44.7 Å². The quantitative estimate of drug-likeness (QED) is 0.342. The van der Waals surface area contributed by atoms with Crippen molar-refractivity contribution in [1.29, 1.82) is 0 Å². The predicted molar refractivity (Wildman–Crippen MR) is 77.3 cm³/mol. The molecule has 1 aromatic heterocycles. The van der Waals surface area contributed by atoms with Crippen LogP contribution in [0.2, 0.25) is 0 Å². The van der Waals surface area contributed by atoms with E-state index in [2.05, 4.69) is 16.9 Å². The Morgan fingerprint density at radius 2 is 2.16 bits per heavy atom. The fourth-order valence-corrected chi connectivity index (χ4v) is 2.33. The monoisotopic (exact) mass is 283 g/mol. The molecule has 6 heteroatoms. The van der Waals surface area contributed by atoms with Gasteiger partial charge in [-0.3, -0.25) is 0 Å². The van der Waals surface area contributed by atoms with Crippen molar-refractivity contribution in [2.75, 3.05) is 18.1 Å². The van der Waals surface area contributed by atoms with Gasteiger partial charge < -0.3 is 10.5 Å². The van der Waals surface area contributed by atoms with Crippen LogP contribution in [-0.4, -0.2) is 28.3 Å². The molecule has 0 unspecified atom stereocenters. The molecule has 0 aliphatic rings. The first kappa shape index (κ1) is 15.8. The van der Waals surface area contributed by atoms with E-state index in [0.717, 1.165) is 12.2 Å². The lowest BCUT2D eigenvalue weighted by Gasteiger charge is -2.05. The zero-order valence-electron chi connectivity index (χ0n) is 11.5. The molecule has 0 atom stereocenters. The highest BCUT2D eigenvalue weighted by molar-refractivity contribution is 7.99. The third-order valence-electron chi connectivity index (χ3n) is 2.52. The molecular formula is C13H21N3O2S. The Morgan fingerprint density at radius 1 is 1.37 bits per heavy atom. The first-order valence-corrected chi connectivity index (χ1v) is 7.60. The molecule has 0 amide bonds. The van der Waals surface area contributed by atoms with Crippen LogP contribution in [0, 0.1) is 0 Å². The summed E-state index contributed by atoms with van der Waals surface area (Å²) in [5, 5.41) is 0.613. The number of hydrogen-bond donors (Lipinski definition) is 1. The number of nitrogen functional groups attached to an aromatic ring is 1. The third kappa shape index (κ3) is 5.46. The van der Waals surface area contributed by atoms with Gasteiger partial charge in [-0.05, 0) is 13.3 Å². The van der Waals surface area contributed by atoms with E-state index in [-0.39, 0.29) is 11.4 Å². The molecule has 0 radical (unpaired) electrons. The Balaban J connectivity index is 2.49. The Morgan fingerprint density at radius 3 is 2.79 bits per heavy atom. The highest BCUT2D eigenvalue weighted by Gasteiger charge is 2.13. The molecule has 0 spiro atoms. The highest BCUT2D eigenvalue weighted by atomic mass is 32.2. The van der Waals surface area contributed by atoms with Gasteiger partial charge in [0.2, 0.25) is 0 Å². The Labute approximate surface area is 118 Å². The number of ether oxygens (including phenoxy) is 1. The molecular weight excluding hydrogens is 262 g/mol. The molecule has 1 aromatic rings. The van der Waals surface area contributed by atoms with Gasteiger partial charge >= 0.3 is 5.97 Å². The zero-order chi connectivity index (χ0) is 14.1. The number of aromatic nitrogens is 2. The number of unbranched alkanes of at least 4 members (excludes halogenated alkanes) is 3. The number of esters is 1. The second-order valence-electron chi connectivity index (χ2n) is 4.08. The minimum absolute atomic E-state index is 0.185. The predicted octanol–water partition coefficient (Wildman–Crippen LogP) is 2.91. The molecule has 0 fully saturated rings. The number of thioether (sulfide) groups is 1. The summed E-state index contributed by atoms with van der Waals surface area (Å²) in [6.07, 6.45) is 6.28. The van der Waals surface area contributed by atoms with E-state index in [4.69, 9.17) is 10.5 Å². The summed E-state index contributed by atoms with van der Waals surface area (Å²) >= 11 is 1.56. The van der Waals surface area contributed by atoms with Crippen LogP contribution in [-0.2, 0) is 4.74 Å². The molecule has 0 aliphatic carbocycles. The van der Waals surface area contributed by atoms with Crippen LogP contribution in [0.1, 0.15) is 49.9 Å². The molecule has 0 aromatic carbocycles. The molecule has 0 bridgehead atoms. The van der Waals surface area contributed by atoms with E-state index in [1.807, 2.05) is 0 Å². The molecule has 5 nitrogen and oxygen atoms in total. The van der Waals surface area contributed by atoms with Crippen molar-refractivity contribution < 1.29 is 9.53 Å². The van der Waals surface area contributed by atoms with Crippen molar-refractivity contribution in [2.24, 2.45) is 0 Å². The van der Waals surface area contributed by atoms with Gasteiger partial charge in [-0.25, -0.2) is 14.8 Å². The summed E-state index contributed by atoms with van der Waals surface area (Å²) in [6, 6.07) is 0. The van der Waals surface area contributed by atoms with Crippen molar-refractivity contribution in [3.63, 3.8) is 0 Å². The molecule has 0 saturated carbocycles. The maximum absolute atomic E-state index is 11.5. The summed E-state index contributed by atoms with van der Waals surface area (Å²) < 4.78 is 4.87. The van der Waals surface area contributed by atoms with Gasteiger partial charge in [-0.1, -0.05) is 37.9 Å². The van der Waals surface area contributed by atoms with Crippen molar-refractivity contribution in [3.05, 3.63) is 11.8 Å². The fraction of sp³-hybridized carbons (Fsp3) is 0.615. The number of hydrogen-bond acceptors (Lipinski definition) is 6. The summed E-state index contributed by atoms with van der Waals surface area (Å²) in [7, 11) is 0. The highest BCUT2D eigenvalue weighted by Crippen LogP contribution is 2.18. The number of nitrogens with two attached hydrogens (primary N) is 1. The topological polar surface area (TPSA) is 78.1 Å². The largest absolute Gasteiger partial charge is 0.462 e. The van der Waals surface area contributed by atoms with Crippen LogP contribution in [0.5, 0.6) is 0 Å². The number of carbonyl (C=O) groups is 1. The average molecular weight is 283 g/mol. The minimum Gasteiger partial charge on any atom is -0.462 e. The number of carbonyl (C=O) groups excluding carboxylic acids is 1. The van der Waals surface area contributed by atoms with Crippen LogP contribution in [0.25, 0.3) is 0 Å². The van der Waals surface area contributed by atoms with Gasteiger partial charge in [0, 0.05) is 11.9 Å². The first-order chi connectivity index (χ1) is 9.19. The number of rotatable bonds is 8. The van der Waals surface area contributed by atoms with Gasteiger partial charge in [-0.15, -0.1) is 0 Å². The molecule has 0 aliphatic heterocycles. The second kappa shape index (κ2) is 8.74. The maximum atomic E-state index is 11.5. The van der Waals surface area contributed by atoms with E-state index < -0.39 is 5.97 Å². The molecule has 19 heavy (non-hydrogen) atoms. The van der Waals surface area contributed by atoms with E-state index in [9.17, 15) is 4.79 Å². The van der Waals surface area contributed by atoms with Crippen molar-refractivity contribution in [1.82, 2.24) is 9.97 Å². The standard InChI is InChI=1S/C13H21N3O2S/c1-3-5-6-7-8-19-13-15-9-10(11(14)16-13)12(17)18-4-2/h9H,3-8H2,1-2H3,(H2,14,15,16). The van der Waals surface area contributed by atoms with E-state index in [0.29, 0.717) is 11.8 Å². The van der Waals surface area contributed by atoms with E-state index >= 15 is 0 Å². The summed E-state index contributed by atoms with van der Waals surface area (Å²) in [4.78, 5) is 19.8. The minimum atomic E-state index is -0.473. The Bertz CT molecular complexity index is 413. The zero-order valence-corrected chi connectivity index (χ0v) is 12.3. The van der Waals surface area contributed by atoms with Crippen molar-refractivity contribution in [3.8, 4) is 0 Å². The lowest BCUT2D eigenvalue weighted by atomic mass is 10.2. The third-order valence-corrected chi connectivity index (χ3v) is 3.47. The smallest absolute Gasteiger partial charge is 0.343 e. The molecule has 106 valence electrons. The van der Waals surface area contributed by atoms with Crippen LogP contribution in [0.4, 0.5) is 5.82 Å². The van der Waals surface area contributed by atoms with Gasteiger partial charge in [0.15, 0.2) is 5.16 Å². The maximum Gasteiger partial charge on any atom is 0.343 e. The first-order valence-electron chi connectivity index (χ1n) is 6.61. The Kier molecular flexibility index (Phi) is 7.25. The van der Waals surface area contributed by atoms with Crippen LogP contribution in [0.15, 0.2) is 11.4 Å². The van der Waals surface area contributed by atoms with Gasteiger partial charge in [0.05, 0.1) is 6.61 Å². The SMILES string of the molecule is CCCCCCSc1ncc(C(=O)OCC)c(N)n1. The lowest BCUT2D eigenvalue weighted by Crippen LogP contribution is -2.10. The van der Waals surface area contributed by atoms with Gasteiger partial charge in [0.1, 0.15) is 11.4 Å². The fourth-order valence-electron chi connectivity index (χ4n) is 1.51. The molecule has 2 N–H and O–H groups in total. The summed E-state index contributed by atoms with van der Waals surface area (Å²) in [5.41, 5.74) is 5.97. The molecule has 0 saturated heterocycles. The molecule has 1 heterocycles. The second-order valence-corrected chi connectivity index (χ2v) is 5.14. The van der Waals surface area contributed by atoms with Crippen LogP contribution >= 0.6 is 11.8 Å².